The molecule has 1 fully saturated rings. The smallest absolute Gasteiger partial charge is 0.134 e. The topological polar surface area (TPSA) is 28.2 Å². The fourth-order valence-electron chi connectivity index (χ4n) is 3.09. The van der Waals surface area contributed by atoms with E-state index in [4.69, 9.17) is 0 Å². The molecule has 2 heterocycles. The van der Waals surface area contributed by atoms with Crippen molar-refractivity contribution in [2.24, 2.45) is 0 Å². The van der Waals surface area contributed by atoms with Gasteiger partial charge in [0, 0.05) is 34.0 Å². The summed E-state index contributed by atoms with van der Waals surface area (Å²) in [5, 5.41) is 5.97. The molecule has 1 N–H and O–H groups in total. The summed E-state index contributed by atoms with van der Waals surface area (Å²) in [7, 11) is 0. The fourth-order valence-corrected chi connectivity index (χ4v) is 3.59. The van der Waals surface area contributed by atoms with Gasteiger partial charge >= 0.3 is 0 Å². The van der Waals surface area contributed by atoms with Crippen molar-refractivity contribution in [1.29, 1.82) is 0 Å². The summed E-state index contributed by atoms with van der Waals surface area (Å²) < 4.78 is 1.12. The van der Waals surface area contributed by atoms with Crippen LogP contribution in [0.25, 0.3) is 10.8 Å². The maximum absolute atomic E-state index is 4.53. The average molecular weight is 348 g/mol. The van der Waals surface area contributed by atoms with E-state index in [0.717, 1.165) is 16.8 Å². The SMILES string of the molecule is CC(CN1CCCCC1)Nc1nccc2c(Br)cccc12. The van der Waals surface area contributed by atoms with Crippen LogP contribution in [0.5, 0.6) is 0 Å². The third-order valence-corrected chi connectivity index (χ3v) is 4.81. The van der Waals surface area contributed by atoms with Gasteiger partial charge in [0.25, 0.3) is 0 Å². The minimum Gasteiger partial charge on any atom is -0.366 e. The lowest BCUT2D eigenvalue weighted by molar-refractivity contribution is 0.223. The molecule has 0 bridgehead atoms. The lowest BCUT2D eigenvalue weighted by atomic mass is 10.1. The second-order valence-corrected chi connectivity index (χ2v) is 6.76. The number of piperidine rings is 1. The van der Waals surface area contributed by atoms with Crippen LogP contribution < -0.4 is 5.32 Å². The van der Waals surface area contributed by atoms with Crippen molar-refractivity contribution in [3.8, 4) is 0 Å². The average Bonchev–Trinajstić information content (AvgIpc) is 2.49. The molecular formula is C17H22BrN3. The number of hydrogen-bond donors (Lipinski definition) is 1. The molecule has 21 heavy (non-hydrogen) atoms. The molecule has 0 amide bonds. The first-order valence-corrected chi connectivity index (χ1v) is 8.55. The highest BCUT2D eigenvalue weighted by Crippen LogP contribution is 2.28. The lowest BCUT2D eigenvalue weighted by Gasteiger charge is -2.29. The van der Waals surface area contributed by atoms with Crippen molar-refractivity contribution < 1.29 is 0 Å². The van der Waals surface area contributed by atoms with Crippen LogP contribution in [0.15, 0.2) is 34.9 Å². The zero-order valence-electron chi connectivity index (χ0n) is 12.5. The van der Waals surface area contributed by atoms with E-state index in [1.807, 2.05) is 6.20 Å². The maximum atomic E-state index is 4.53. The van der Waals surface area contributed by atoms with Gasteiger partial charge < -0.3 is 10.2 Å². The zero-order valence-corrected chi connectivity index (χ0v) is 14.1. The van der Waals surface area contributed by atoms with Gasteiger partial charge in [0.05, 0.1) is 0 Å². The van der Waals surface area contributed by atoms with E-state index in [2.05, 4.69) is 62.3 Å². The molecule has 1 aromatic heterocycles. The predicted molar refractivity (Wildman–Crippen MR) is 92.8 cm³/mol. The highest BCUT2D eigenvalue weighted by atomic mass is 79.9. The number of halogens is 1. The van der Waals surface area contributed by atoms with Gasteiger partial charge in [-0.2, -0.15) is 0 Å². The Hall–Kier alpha value is -1.13. The molecule has 1 saturated heterocycles. The minimum atomic E-state index is 0.403. The molecule has 1 unspecified atom stereocenters. The van der Waals surface area contributed by atoms with Crippen LogP contribution in [-0.2, 0) is 0 Å². The van der Waals surface area contributed by atoms with E-state index < -0.39 is 0 Å². The Balaban J connectivity index is 1.73. The lowest BCUT2D eigenvalue weighted by Crippen LogP contribution is -2.38. The number of rotatable bonds is 4. The second-order valence-electron chi connectivity index (χ2n) is 5.90. The molecule has 4 heteroatoms. The van der Waals surface area contributed by atoms with Gasteiger partial charge in [-0.3, -0.25) is 0 Å². The summed E-state index contributed by atoms with van der Waals surface area (Å²) >= 11 is 3.61. The number of aromatic nitrogens is 1. The number of nitrogens with one attached hydrogen (secondary N) is 1. The molecule has 3 rings (SSSR count). The molecule has 2 aromatic rings. The largest absolute Gasteiger partial charge is 0.366 e. The van der Waals surface area contributed by atoms with Gasteiger partial charge in [-0.05, 0) is 45.0 Å². The number of benzene rings is 1. The third-order valence-electron chi connectivity index (χ3n) is 4.12. The zero-order chi connectivity index (χ0) is 14.7. The van der Waals surface area contributed by atoms with Crippen LogP contribution in [0.4, 0.5) is 5.82 Å². The molecule has 1 aliphatic heterocycles. The number of fused-ring (bicyclic) bond motifs is 1. The van der Waals surface area contributed by atoms with Crippen molar-refractivity contribution in [2.45, 2.75) is 32.2 Å². The third kappa shape index (κ3) is 3.55. The van der Waals surface area contributed by atoms with Gasteiger partial charge in [0.1, 0.15) is 5.82 Å². The van der Waals surface area contributed by atoms with Crippen molar-refractivity contribution in [1.82, 2.24) is 9.88 Å². The Morgan fingerprint density at radius 3 is 2.81 bits per heavy atom. The standard InChI is InChI=1S/C17H22BrN3/c1-13(12-21-10-3-2-4-11-21)20-17-15-6-5-7-16(18)14(15)8-9-19-17/h5-9,13H,2-4,10-12H2,1H3,(H,19,20). The van der Waals surface area contributed by atoms with Crippen LogP contribution >= 0.6 is 15.9 Å². The van der Waals surface area contributed by atoms with Crippen LogP contribution in [0.3, 0.4) is 0 Å². The quantitative estimate of drug-likeness (QED) is 0.894. The van der Waals surface area contributed by atoms with Gasteiger partial charge in [-0.1, -0.05) is 34.5 Å². The fraction of sp³-hybridized carbons (Fsp3) is 0.471. The van der Waals surface area contributed by atoms with E-state index in [9.17, 15) is 0 Å². The monoisotopic (exact) mass is 347 g/mol. The highest BCUT2D eigenvalue weighted by Gasteiger charge is 2.14. The molecule has 1 aromatic carbocycles. The number of pyridine rings is 1. The van der Waals surface area contributed by atoms with Crippen LogP contribution in [0.1, 0.15) is 26.2 Å². The maximum Gasteiger partial charge on any atom is 0.134 e. The Bertz CT molecular complexity index is 608. The molecule has 0 spiro atoms. The number of hydrogen-bond acceptors (Lipinski definition) is 3. The summed E-state index contributed by atoms with van der Waals surface area (Å²) in [4.78, 5) is 7.09. The van der Waals surface area contributed by atoms with E-state index >= 15 is 0 Å². The van der Waals surface area contributed by atoms with Crippen molar-refractivity contribution in [3.05, 3.63) is 34.9 Å². The summed E-state index contributed by atoms with van der Waals surface area (Å²) in [6, 6.07) is 8.72. The van der Waals surface area contributed by atoms with Crippen molar-refractivity contribution in [3.63, 3.8) is 0 Å². The Kier molecular flexibility index (Phi) is 4.76. The van der Waals surface area contributed by atoms with Gasteiger partial charge in [-0.15, -0.1) is 0 Å². The normalized spacial score (nSPS) is 17.8. The summed E-state index contributed by atoms with van der Waals surface area (Å²) in [5.41, 5.74) is 0. The molecule has 1 aliphatic rings. The number of nitrogens with zero attached hydrogens (tertiary/aromatic N) is 2. The second kappa shape index (κ2) is 6.75. The van der Waals surface area contributed by atoms with Crippen LogP contribution in [-0.4, -0.2) is 35.6 Å². The van der Waals surface area contributed by atoms with Gasteiger partial charge in [0.15, 0.2) is 0 Å². The summed E-state index contributed by atoms with van der Waals surface area (Å²) in [5.74, 6) is 0.985. The molecule has 0 aliphatic carbocycles. The van der Waals surface area contributed by atoms with Crippen LogP contribution in [0.2, 0.25) is 0 Å². The Morgan fingerprint density at radius 1 is 1.19 bits per heavy atom. The van der Waals surface area contributed by atoms with Crippen molar-refractivity contribution in [2.75, 3.05) is 25.0 Å². The summed E-state index contributed by atoms with van der Waals surface area (Å²) in [6.07, 6.45) is 5.94. The first-order valence-electron chi connectivity index (χ1n) is 7.76. The summed E-state index contributed by atoms with van der Waals surface area (Å²) in [6.45, 7) is 5.81. The predicted octanol–water partition coefficient (Wildman–Crippen LogP) is 4.28. The van der Waals surface area contributed by atoms with E-state index in [1.54, 1.807) is 0 Å². The van der Waals surface area contributed by atoms with E-state index in [0.29, 0.717) is 6.04 Å². The molecule has 0 saturated carbocycles. The first-order chi connectivity index (χ1) is 10.2. The minimum absolute atomic E-state index is 0.403. The van der Waals surface area contributed by atoms with E-state index in [-0.39, 0.29) is 0 Å². The Morgan fingerprint density at radius 2 is 2.00 bits per heavy atom. The molecule has 112 valence electrons. The number of likely N-dealkylation sites (tertiary alicyclic amines) is 1. The van der Waals surface area contributed by atoms with Crippen molar-refractivity contribution >= 4 is 32.5 Å². The molecule has 0 radical (unpaired) electrons. The molecular weight excluding hydrogens is 326 g/mol. The van der Waals surface area contributed by atoms with Gasteiger partial charge in [0.2, 0.25) is 0 Å². The molecule has 1 atom stereocenters. The van der Waals surface area contributed by atoms with E-state index in [1.165, 1.54) is 43.1 Å². The van der Waals surface area contributed by atoms with Gasteiger partial charge in [-0.25, -0.2) is 4.98 Å². The number of anilines is 1. The highest BCUT2D eigenvalue weighted by molar-refractivity contribution is 9.10. The Labute approximate surface area is 134 Å². The first kappa shape index (κ1) is 14.8. The van der Waals surface area contributed by atoms with Crippen LogP contribution in [0, 0.1) is 0 Å². The molecule has 3 nitrogen and oxygen atoms in total.